The van der Waals surface area contributed by atoms with Crippen LogP contribution in [0.4, 0.5) is 5.69 Å². The van der Waals surface area contributed by atoms with Gasteiger partial charge in [0.1, 0.15) is 12.2 Å². The number of benzene rings is 2. The maximum absolute atomic E-state index is 9.57. The maximum Gasteiger partial charge on any atom is 0.152 e. The van der Waals surface area contributed by atoms with Gasteiger partial charge in [0.2, 0.25) is 0 Å². The van der Waals surface area contributed by atoms with Crippen molar-refractivity contribution < 1.29 is 5.11 Å². The van der Waals surface area contributed by atoms with Gasteiger partial charge in [0, 0.05) is 13.6 Å². The van der Waals surface area contributed by atoms with Crippen molar-refractivity contribution in [1.29, 1.82) is 0 Å². The number of phenolic OH excluding ortho intramolecular Hbond substituents is 1. The number of amidine groups is 1. The van der Waals surface area contributed by atoms with Gasteiger partial charge in [0.25, 0.3) is 0 Å². The van der Waals surface area contributed by atoms with Gasteiger partial charge in [-0.1, -0.05) is 74.8 Å². The molecule has 0 aliphatic carbocycles. The van der Waals surface area contributed by atoms with E-state index < -0.39 is 0 Å². The van der Waals surface area contributed by atoms with Crippen molar-refractivity contribution in [3.63, 3.8) is 0 Å². The summed E-state index contributed by atoms with van der Waals surface area (Å²) in [6, 6.07) is 11.5. The zero-order valence-corrected chi connectivity index (χ0v) is 18.6. The second kappa shape index (κ2) is 9.33. The number of halogens is 2. The van der Waals surface area contributed by atoms with E-state index in [1.165, 1.54) is 24.0 Å². The fraction of sp³-hybridized carbons (Fsp3) is 0.273. The lowest BCUT2D eigenvalue weighted by molar-refractivity contribution is 0.432. The van der Waals surface area contributed by atoms with Gasteiger partial charge < -0.3 is 15.7 Å². The van der Waals surface area contributed by atoms with Crippen LogP contribution in [0.5, 0.6) is 5.75 Å². The van der Waals surface area contributed by atoms with Crippen LogP contribution in [-0.4, -0.2) is 29.2 Å². The number of hydrogen-bond donors (Lipinski definition) is 2. The summed E-state index contributed by atoms with van der Waals surface area (Å²) in [6.07, 6.45) is 1.30. The predicted octanol–water partition coefficient (Wildman–Crippen LogP) is 5.66. The minimum absolute atomic E-state index is 0.114. The molecule has 0 saturated heterocycles. The van der Waals surface area contributed by atoms with Crippen LogP contribution in [0.3, 0.4) is 0 Å². The van der Waals surface area contributed by atoms with Crippen LogP contribution >= 0.6 is 23.2 Å². The lowest BCUT2D eigenvalue weighted by Gasteiger charge is -2.22. The topological polar surface area (TPSA) is 74.2 Å². The minimum atomic E-state index is -0.180. The highest BCUT2D eigenvalue weighted by atomic mass is 35.5. The van der Waals surface area contributed by atoms with Gasteiger partial charge in [-0.05, 0) is 28.7 Å². The smallest absolute Gasteiger partial charge is 0.152 e. The normalized spacial score (nSPS) is 12.4. The molecule has 0 atom stereocenters. The van der Waals surface area contributed by atoms with Crippen LogP contribution in [0.1, 0.15) is 31.9 Å². The summed E-state index contributed by atoms with van der Waals surface area (Å²) in [6.45, 7) is 11.2. The van der Waals surface area contributed by atoms with E-state index in [-0.39, 0.29) is 27.0 Å². The van der Waals surface area contributed by atoms with E-state index in [9.17, 15) is 5.11 Å². The van der Waals surface area contributed by atoms with Gasteiger partial charge >= 0.3 is 0 Å². The third kappa shape index (κ3) is 6.24. The van der Waals surface area contributed by atoms with Crippen molar-refractivity contribution in [2.45, 2.75) is 32.7 Å². The molecule has 0 bridgehead atoms. The maximum atomic E-state index is 9.57. The SMILES string of the molecule is C=C(C(N)=NC=Nc1cc(Cl)c(O)c(Cl)c1)N(C)Cc1ccc(C(C)(C)C)cc1. The molecular formula is C22H26Cl2N4O. The molecule has 0 spiro atoms. The highest BCUT2D eigenvalue weighted by molar-refractivity contribution is 6.37. The first-order valence-corrected chi connectivity index (χ1v) is 9.78. The molecule has 0 aliphatic heterocycles. The largest absolute Gasteiger partial charge is 0.505 e. The molecule has 0 amide bonds. The standard InChI is InChI=1S/C22H26Cl2N4O/c1-14(28(5)12-15-6-8-16(9-7-15)22(2,3)4)21(25)27-13-26-17-10-18(23)20(29)19(24)11-17/h6-11,13,29H,1,12H2,2-5H3,(H2,25,26,27). The molecule has 0 saturated carbocycles. The Labute approximate surface area is 182 Å². The third-order valence-electron chi connectivity index (χ3n) is 4.40. The Morgan fingerprint density at radius 3 is 2.24 bits per heavy atom. The summed E-state index contributed by atoms with van der Waals surface area (Å²) >= 11 is 11.7. The number of nitrogens with two attached hydrogens (primary N) is 1. The monoisotopic (exact) mass is 432 g/mol. The predicted molar refractivity (Wildman–Crippen MR) is 124 cm³/mol. The molecule has 7 heteroatoms. The van der Waals surface area contributed by atoms with Crippen LogP contribution in [0.2, 0.25) is 10.0 Å². The summed E-state index contributed by atoms with van der Waals surface area (Å²) in [5, 5.41) is 9.80. The van der Waals surface area contributed by atoms with Gasteiger partial charge in [-0.15, -0.1) is 0 Å². The number of aliphatic imine (C=N–C) groups is 2. The van der Waals surface area contributed by atoms with Crippen molar-refractivity contribution in [3.05, 3.63) is 69.8 Å². The molecule has 0 aliphatic rings. The summed E-state index contributed by atoms with van der Waals surface area (Å²) in [4.78, 5) is 10.2. The Morgan fingerprint density at radius 1 is 1.17 bits per heavy atom. The number of likely N-dealkylation sites (N-methyl/N-ethyl adjacent to an activating group) is 1. The van der Waals surface area contributed by atoms with Crippen molar-refractivity contribution in [2.24, 2.45) is 15.7 Å². The first-order chi connectivity index (χ1) is 13.5. The number of phenols is 1. The van der Waals surface area contributed by atoms with E-state index in [4.69, 9.17) is 28.9 Å². The third-order valence-corrected chi connectivity index (χ3v) is 4.98. The molecule has 0 radical (unpaired) electrons. The highest BCUT2D eigenvalue weighted by Crippen LogP contribution is 2.35. The molecule has 0 unspecified atom stereocenters. The molecule has 29 heavy (non-hydrogen) atoms. The molecule has 2 rings (SSSR count). The van der Waals surface area contributed by atoms with E-state index in [2.05, 4.69) is 61.6 Å². The summed E-state index contributed by atoms with van der Waals surface area (Å²) in [5.74, 6) is 0.0689. The Kier molecular flexibility index (Phi) is 7.33. The summed E-state index contributed by atoms with van der Waals surface area (Å²) in [7, 11) is 1.90. The fourth-order valence-corrected chi connectivity index (χ4v) is 3.01. The number of rotatable bonds is 6. The van der Waals surface area contributed by atoms with Gasteiger partial charge in [-0.2, -0.15) is 0 Å². The Bertz CT molecular complexity index is 921. The van der Waals surface area contributed by atoms with Crippen LogP contribution in [0.15, 0.2) is 58.7 Å². The van der Waals surface area contributed by atoms with Crippen LogP contribution in [0.25, 0.3) is 0 Å². The van der Waals surface area contributed by atoms with E-state index >= 15 is 0 Å². The van der Waals surface area contributed by atoms with Gasteiger partial charge in [0.15, 0.2) is 5.75 Å². The lowest BCUT2D eigenvalue weighted by Crippen LogP contribution is -2.27. The summed E-state index contributed by atoms with van der Waals surface area (Å²) in [5.41, 5.74) is 9.62. The Morgan fingerprint density at radius 2 is 1.72 bits per heavy atom. The molecule has 2 aromatic carbocycles. The van der Waals surface area contributed by atoms with Crippen molar-refractivity contribution >= 4 is 41.1 Å². The Balaban J connectivity index is 2.03. The number of aromatic hydroxyl groups is 1. The first-order valence-electron chi connectivity index (χ1n) is 9.02. The molecule has 3 N–H and O–H groups in total. The molecule has 154 valence electrons. The van der Waals surface area contributed by atoms with Crippen molar-refractivity contribution in [3.8, 4) is 5.75 Å². The van der Waals surface area contributed by atoms with E-state index in [1.54, 1.807) is 0 Å². The molecule has 0 fully saturated rings. The average molecular weight is 433 g/mol. The quantitative estimate of drug-likeness (QED) is 0.456. The van der Waals surface area contributed by atoms with E-state index in [0.29, 0.717) is 17.9 Å². The number of nitrogens with zero attached hydrogens (tertiary/aromatic N) is 3. The van der Waals surface area contributed by atoms with Gasteiger partial charge in [-0.3, -0.25) is 0 Å². The van der Waals surface area contributed by atoms with Crippen molar-refractivity contribution in [2.75, 3.05) is 7.05 Å². The molecular weight excluding hydrogens is 407 g/mol. The number of hydrogen-bond acceptors (Lipinski definition) is 3. The first kappa shape index (κ1) is 22.8. The minimum Gasteiger partial charge on any atom is -0.505 e. The lowest BCUT2D eigenvalue weighted by atomic mass is 9.87. The Hall–Kier alpha value is -2.50. The molecule has 0 heterocycles. The zero-order chi connectivity index (χ0) is 21.8. The van der Waals surface area contributed by atoms with E-state index in [1.807, 2.05) is 11.9 Å². The van der Waals surface area contributed by atoms with Crippen molar-refractivity contribution in [1.82, 2.24) is 4.90 Å². The summed E-state index contributed by atoms with van der Waals surface area (Å²) < 4.78 is 0. The molecule has 0 aromatic heterocycles. The van der Waals surface area contributed by atoms with Crippen LogP contribution in [-0.2, 0) is 12.0 Å². The van der Waals surface area contributed by atoms with Gasteiger partial charge in [-0.25, -0.2) is 9.98 Å². The van der Waals surface area contributed by atoms with Crippen LogP contribution < -0.4 is 5.73 Å². The fourth-order valence-electron chi connectivity index (χ4n) is 2.53. The second-order valence-corrected chi connectivity index (χ2v) is 8.58. The molecule has 2 aromatic rings. The van der Waals surface area contributed by atoms with Gasteiger partial charge in [0.05, 0.1) is 21.4 Å². The highest BCUT2D eigenvalue weighted by Gasteiger charge is 2.13. The zero-order valence-electron chi connectivity index (χ0n) is 17.1. The average Bonchev–Trinajstić information content (AvgIpc) is 2.65. The van der Waals surface area contributed by atoms with Crippen LogP contribution in [0, 0.1) is 0 Å². The van der Waals surface area contributed by atoms with E-state index in [0.717, 1.165) is 5.56 Å². The second-order valence-electron chi connectivity index (χ2n) is 7.77. The molecule has 5 nitrogen and oxygen atoms in total.